The lowest BCUT2D eigenvalue weighted by Crippen LogP contribution is -2.45. The van der Waals surface area contributed by atoms with E-state index in [2.05, 4.69) is 15.9 Å². The molecule has 0 unspecified atom stereocenters. The topological polar surface area (TPSA) is 55.8 Å². The standard InChI is InChI=1S/C16H20BrNO4S/c1-16(2,3)22-15(20)18-8-9-6-10(18)14(21-9)13-5-4-12(23-13)11(19)7-17/h4-5,9-10,14H,6-8H2,1-3H3/t9-,10-,14-/m0/s1. The molecule has 0 saturated carbocycles. The van der Waals surface area contributed by atoms with E-state index in [9.17, 15) is 9.59 Å². The zero-order valence-electron chi connectivity index (χ0n) is 13.4. The number of hydrogen-bond acceptors (Lipinski definition) is 5. The van der Waals surface area contributed by atoms with Crippen molar-refractivity contribution >= 4 is 39.1 Å². The van der Waals surface area contributed by atoms with Crippen LogP contribution in [0.5, 0.6) is 0 Å². The highest BCUT2D eigenvalue weighted by atomic mass is 79.9. The van der Waals surface area contributed by atoms with Crippen molar-refractivity contribution in [2.45, 2.75) is 51.0 Å². The highest BCUT2D eigenvalue weighted by Gasteiger charge is 2.50. The quantitative estimate of drug-likeness (QED) is 0.571. The van der Waals surface area contributed by atoms with Crippen LogP contribution in [0.4, 0.5) is 4.79 Å². The van der Waals surface area contributed by atoms with Gasteiger partial charge in [0, 0.05) is 4.88 Å². The summed E-state index contributed by atoms with van der Waals surface area (Å²) in [7, 11) is 0. The minimum absolute atomic E-state index is 0.0135. The van der Waals surface area contributed by atoms with Gasteiger partial charge >= 0.3 is 6.09 Å². The molecule has 23 heavy (non-hydrogen) atoms. The Balaban J connectivity index is 1.74. The molecule has 1 amide bonds. The van der Waals surface area contributed by atoms with Gasteiger partial charge in [0.15, 0.2) is 5.78 Å². The van der Waals surface area contributed by atoms with Crippen LogP contribution in [0.3, 0.4) is 0 Å². The molecule has 0 N–H and O–H groups in total. The van der Waals surface area contributed by atoms with Gasteiger partial charge < -0.3 is 9.47 Å². The number of halogens is 1. The van der Waals surface area contributed by atoms with Gasteiger partial charge in [-0.05, 0) is 39.3 Å². The third kappa shape index (κ3) is 3.46. The van der Waals surface area contributed by atoms with Crippen molar-refractivity contribution in [1.29, 1.82) is 0 Å². The second kappa shape index (κ2) is 6.18. The number of likely N-dealkylation sites (tertiary alicyclic amines) is 1. The van der Waals surface area contributed by atoms with Crippen molar-refractivity contribution in [2.75, 3.05) is 11.9 Å². The first-order chi connectivity index (χ1) is 10.8. The van der Waals surface area contributed by atoms with Gasteiger partial charge in [-0.15, -0.1) is 11.3 Å². The summed E-state index contributed by atoms with van der Waals surface area (Å²) in [6.45, 7) is 6.18. The van der Waals surface area contributed by atoms with Crippen molar-refractivity contribution in [1.82, 2.24) is 4.90 Å². The SMILES string of the molecule is CC(C)(C)OC(=O)N1C[C@@H]2C[C@H]1[C@@H](c1ccc(C(=O)CBr)s1)O2. The molecule has 5 nitrogen and oxygen atoms in total. The zero-order chi connectivity index (χ0) is 16.8. The Morgan fingerprint density at radius 1 is 1.43 bits per heavy atom. The van der Waals surface area contributed by atoms with E-state index in [4.69, 9.17) is 9.47 Å². The molecule has 0 aliphatic carbocycles. The number of carbonyl (C=O) groups excluding carboxylic acids is 2. The van der Waals surface area contributed by atoms with Gasteiger partial charge in [0.25, 0.3) is 0 Å². The molecule has 0 aromatic carbocycles. The average Bonchev–Trinajstić information content (AvgIpc) is 3.18. The van der Waals surface area contributed by atoms with Crippen molar-refractivity contribution in [2.24, 2.45) is 0 Å². The van der Waals surface area contributed by atoms with Crippen molar-refractivity contribution < 1.29 is 19.1 Å². The summed E-state index contributed by atoms with van der Waals surface area (Å²) in [5, 5.41) is 0.314. The fourth-order valence-corrected chi connectivity index (χ4v) is 4.55. The predicted octanol–water partition coefficient (Wildman–Crippen LogP) is 3.78. The molecule has 0 radical (unpaired) electrons. The van der Waals surface area contributed by atoms with Crippen LogP contribution in [0.2, 0.25) is 0 Å². The van der Waals surface area contributed by atoms with Crippen LogP contribution in [0.25, 0.3) is 0 Å². The molecule has 2 saturated heterocycles. The molecule has 0 spiro atoms. The highest BCUT2D eigenvalue weighted by Crippen LogP contribution is 2.44. The number of fused-ring (bicyclic) bond motifs is 2. The van der Waals surface area contributed by atoms with E-state index in [0.29, 0.717) is 16.8 Å². The monoisotopic (exact) mass is 401 g/mol. The van der Waals surface area contributed by atoms with E-state index < -0.39 is 5.60 Å². The van der Waals surface area contributed by atoms with Crippen LogP contribution >= 0.6 is 27.3 Å². The fraction of sp³-hybridized carbons (Fsp3) is 0.625. The third-order valence-electron chi connectivity index (χ3n) is 3.92. The number of ketones is 1. The van der Waals surface area contributed by atoms with Gasteiger partial charge in [0.2, 0.25) is 0 Å². The lowest BCUT2D eigenvalue weighted by atomic mass is 10.1. The van der Waals surface area contributed by atoms with Gasteiger partial charge in [-0.3, -0.25) is 9.69 Å². The van der Waals surface area contributed by atoms with E-state index in [1.807, 2.05) is 32.9 Å². The maximum atomic E-state index is 12.4. The summed E-state index contributed by atoms with van der Waals surface area (Å²) < 4.78 is 11.5. The molecule has 1 aromatic heterocycles. The summed E-state index contributed by atoms with van der Waals surface area (Å²) >= 11 is 4.64. The third-order valence-corrected chi connectivity index (χ3v) is 5.62. The van der Waals surface area contributed by atoms with Crippen molar-refractivity contribution in [3.63, 3.8) is 0 Å². The Kier molecular flexibility index (Phi) is 4.55. The maximum Gasteiger partial charge on any atom is 0.410 e. The Bertz CT molecular complexity index is 624. The minimum Gasteiger partial charge on any atom is -0.444 e. The summed E-state index contributed by atoms with van der Waals surface area (Å²) in [4.78, 5) is 27.6. The number of hydrogen-bond donors (Lipinski definition) is 0. The molecule has 2 fully saturated rings. The van der Waals surface area contributed by atoms with Crippen LogP contribution in [-0.4, -0.2) is 46.4 Å². The predicted molar refractivity (Wildman–Crippen MR) is 91.4 cm³/mol. The first-order valence-electron chi connectivity index (χ1n) is 7.62. The van der Waals surface area contributed by atoms with Crippen LogP contribution in [0.15, 0.2) is 12.1 Å². The van der Waals surface area contributed by atoms with E-state index in [0.717, 1.165) is 11.3 Å². The summed E-state index contributed by atoms with van der Waals surface area (Å²) in [6, 6.07) is 3.75. The molecule has 126 valence electrons. The van der Waals surface area contributed by atoms with Crippen molar-refractivity contribution in [3.05, 3.63) is 21.9 Å². The first-order valence-corrected chi connectivity index (χ1v) is 9.56. The number of ether oxygens (including phenoxy) is 2. The number of amides is 1. The van der Waals surface area contributed by atoms with Crippen LogP contribution in [0.1, 0.15) is 47.8 Å². The molecule has 3 heterocycles. The Hall–Kier alpha value is -0.920. The minimum atomic E-state index is -0.506. The molecule has 2 aliphatic heterocycles. The molecular formula is C16H20BrNO4S. The normalized spacial score (nSPS) is 26.6. The molecule has 7 heteroatoms. The molecular weight excluding hydrogens is 382 g/mol. The van der Waals surface area contributed by atoms with E-state index >= 15 is 0 Å². The highest BCUT2D eigenvalue weighted by molar-refractivity contribution is 9.09. The number of alkyl halides is 1. The van der Waals surface area contributed by atoms with Crippen LogP contribution < -0.4 is 0 Å². The largest absolute Gasteiger partial charge is 0.444 e. The first kappa shape index (κ1) is 16.9. The summed E-state index contributed by atoms with van der Waals surface area (Å²) in [5.41, 5.74) is -0.506. The second-order valence-corrected chi connectivity index (χ2v) is 8.55. The second-order valence-electron chi connectivity index (χ2n) is 6.87. The molecule has 3 atom stereocenters. The van der Waals surface area contributed by atoms with Gasteiger partial charge in [0.05, 0.1) is 28.9 Å². The van der Waals surface area contributed by atoms with E-state index in [1.54, 1.807) is 4.90 Å². The summed E-state index contributed by atoms with van der Waals surface area (Å²) in [5.74, 6) is 0.0633. The number of thiophene rings is 1. The smallest absolute Gasteiger partial charge is 0.410 e. The molecule has 1 aromatic rings. The van der Waals surface area contributed by atoms with Gasteiger partial charge in [-0.1, -0.05) is 15.9 Å². The van der Waals surface area contributed by atoms with Crippen LogP contribution in [-0.2, 0) is 9.47 Å². The Morgan fingerprint density at radius 3 is 2.78 bits per heavy atom. The lowest BCUT2D eigenvalue weighted by molar-refractivity contribution is -0.0455. The van der Waals surface area contributed by atoms with E-state index in [1.165, 1.54) is 11.3 Å². The number of Topliss-reactive ketones (excluding diaryl/α,β-unsaturated/α-hetero) is 1. The molecule has 2 bridgehead atoms. The number of rotatable bonds is 3. The fourth-order valence-electron chi connectivity index (χ4n) is 3.02. The van der Waals surface area contributed by atoms with Gasteiger partial charge in [0.1, 0.15) is 11.7 Å². The summed E-state index contributed by atoms with van der Waals surface area (Å²) in [6.07, 6.45) is 0.425. The van der Waals surface area contributed by atoms with E-state index in [-0.39, 0.29) is 30.1 Å². The molecule has 3 rings (SSSR count). The lowest BCUT2D eigenvalue weighted by Gasteiger charge is -2.34. The van der Waals surface area contributed by atoms with Crippen LogP contribution in [0, 0.1) is 0 Å². The van der Waals surface area contributed by atoms with Gasteiger partial charge in [-0.2, -0.15) is 0 Å². The maximum absolute atomic E-state index is 12.4. The Morgan fingerprint density at radius 2 is 2.17 bits per heavy atom. The number of nitrogens with zero attached hydrogens (tertiary/aromatic N) is 1. The average molecular weight is 402 g/mol. The Labute approximate surface area is 148 Å². The zero-order valence-corrected chi connectivity index (χ0v) is 15.8. The van der Waals surface area contributed by atoms with Crippen molar-refractivity contribution in [3.8, 4) is 0 Å². The molecule has 2 aliphatic rings. The number of carbonyl (C=O) groups is 2. The van der Waals surface area contributed by atoms with Gasteiger partial charge in [-0.25, -0.2) is 4.79 Å². The number of morpholine rings is 1.